The lowest BCUT2D eigenvalue weighted by Crippen LogP contribution is -2.56. The van der Waals surface area contributed by atoms with Crippen molar-refractivity contribution in [3.8, 4) is 0 Å². The van der Waals surface area contributed by atoms with Gasteiger partial charge in [-0.3, -0.25) is 14.4 Å². The molecule has 0 spiro atoms. The van der Waals surface area contributed by atoms with Crippen LogP contribution < -0.4 is 10.6 Å². The number of nitrogens with one attached hydrogen (secondary N) is 3. The van der Waals surface area contributed by atoms with E-state index in [2.05, 4.69) is 15.6 Å². The molecule has 3 heterocycles. The Morgan fingerprint density at radius 3 is 2.74 bits per heavy atom. The molecular formula is C24H32FN5O4. The topological polar surface area (TPSA) is 107 Å². The van der Waals surface area contributed by atoms with Crippen LogP contribution in [0.15, 0.2) is 24.4 Å². The summed E-state index contributed by atoms with van der Waals surface area (Å²) in [4.78, 5) is 45.4. The highest BCUT2D eigenvalue weighted by Gasteiger charge is 2.52. The molecule has 4 rings (SSSR count). The monoisotopic (exact) mass is 473 g/mol. The summed E-state index contributed by atoms with van der Waals surface area (Å²) in [5.74, 6) is -1.04. The number of methoxy groups -OCH3 is 1. The first-order chi connectivity index (χ1) is 16.3. The van der Waals surface area contributed by atoms with Gasteiger partial charge in [-0.25, -0.2) is 4.39 Å². The van der Waals surface area contributed by atoms with E-state index >= 15 is 0 Å². The minimum atomic E-state index is -0.837. The van der Waals surface area contributed by atoms with Crippen LogP contribution in [0.4, 0.5) is 4.39 Å². The largest absolute Gasteiger partial charge is 0.382 e. The number of hydrogen-bond acceptors (Lipinski definition) is 5. The van der Waals surface area contributed by atoms with Crippen LogP contribution in [-0.4, -0.2) is 90.5 Å². The van der Waals surface area contributed by atoms with Gasteiger partial charge in [0.05, 0.1) is 24.7 Å². The molecule has 0 unspecified atom stereocenters. The quantitative estimate of drug-likeness (QED) is 0.556. The van der Waals surface area contributed by atoms with Crippen LogP contribution in [0.3, 0.4) is 0 Å². The van der Waals surface area contributed by atoms with Crippen molar-refractivity contribution in [3.05, 3.63) is 35.8 Å². The molecule has 3 N–H and O–H groups in total. The molecule has 0 radical (unpaired) electrons. The summed E-state index contributed by atoms with van der Waals surface area (Å²) < 4.78 is 19.0. The summed E-state index contributed by atoms with van der Waals surface area (Å²) in [5, 5.41) is 6.54. The third-order valence-corrected chi connectivity index (χ3v) is 7.16. The average molecular weight is 474 g/mol. The van der Waals surface area contributed by atoms with Gasteiger partial charge in [0.25, 0.3) is 0 Å². The van der Waals surface area contributed by atoms with Crippen molar-refractivity contribution >= 4 is 28.6 Å². The van der Waals surface area contributed by atoms with Gasteiger partial charge in [0.15, 0.2) is 0 Å². The molecule has 2 fully saturated rings. The van der Waals surface area contributed by atoms with E-state index in [9.17, 15) is 18.8 Å². The fourth-order valence-corrected chi connectivity index (χ4v) is 5.38. The number of H-pyrrole nitrogens is 1. The number of aromatic amines is 1. The Morgan fingerprint density at radius 2 is 2.06 bits per heavy atom. The van der Waals surface area contributed by atoms with Crippen molar-refractivity contribution in [3.63, 3.8) is 0 Å². The maximum Gasteiger partial charge on any atom is 0.247 e. The number of benzene rings is 1. The van der Waals surface area contributed by atoms with Crippen LogP contribution in [0.25, 0.3) is 10.9 Å². The fraction of sp³-hybridized carbons (Fsp3) is 0.542. The zero-order valence-electron chi connectivity index (χ0n) is 19.9. The average Bonchev–Trinajstić information content (AvgIpc) is 3.51. The van der Waals surface area contributed by atoms with Crippen LogP contribution in [0.2, 0.25) is 0 Å². The van der Waals surface area contributed by atoms with E-state index < -0.39 is 12.1 Å². The molecule has 2 aromatic rings. The lowest BCUT2D eigenvalue weighted by atomic mass is 9.91. The Bertz CT molecular complexity index is 1090. The van der Waals surface area contributed by atoms with E-state index in [4.69, 9.17) is 4.74 Å². The van der Waals surface area contributed by atoms with E-state index in [1.807, 2.05) is 11.1 Å². The highest BCUT2D eigenvalue weighted by atomic mass is 19.1. The predicted molar refractivity (Wildman–Crippen MR) is 125 cm³/mol. The molecule has 1 aromatic heterocycles. The molecule has 1 aromatic carbocycles. The van der Waals surface area contributed by atoms with E-state index in [-0.39, 0.29) is 48.1 Å². The summed E-state index contributed by atoms with van der Waals surface area (Å²) in [6.45, 7) is 4.25. The van der Waals surface area contributed by atoms with Crippen molar-refractivity contribution in [2.45, 2.75) is 50.4 Å². The third-order valence-electron chi connectivity index (χ3n) is 7.16. The lowest BCUT2D eigenvalue weighted by molar-refractivity contribution is -0.139. The molecule has 9 nitrogen and oxygen atoms in total. The van der Waals surface area contributed by atoms with E-state index in [0.717, 1.165) is 10.9 Å². The second-order valence-electron chi connectivity index (χ2n) is 9.12. The van der Waals surface area contributed by atoms with Crippen LogP contribution in [0.1, 0.15) is 31.7 Å². The molecule has 0 bridgehead atoms. The first kappa shape index (κ1) is 24.2. The Hall–Kier alpha value is -2.98. The number of carbonyl (C=O) groups excluding carboxylic acids is 3. The second-order valence-corrected chi connectivity index (χ2v) is 9.12. The molecule has 2 saturated heterocycles. The zero-order chi connectivity index (χ0) is 24.6. The molecule has 5 atom stereocenters. The lowest BCUT2D eigenvalue weighted by Gasteiger charge is -2.32. The van der Waals surface area contributed by atoms with Crippen molar-refractivity contribution in [2.75, 3.05) is 33.9 Å². The Balaban J connectivity index is 1.66. The Kier molecular flexibility index (Phi) is 6.90. The van der Waals surface area contributed by atoms with Gasteiger partial charge in [0, 0.05) is 50.1 Å². The molecule has 184 valence electrons. The summed E-state index contributed by atoms with van der Waals surface area (Å²) in [6.07, 6.45) is 2.50. The highest BCUT2D eigenvalue weighted by molar-refractivity contribution is 5.91. The maximum absolute atomic E-state index is 13.7. The molecule has 0 saturated carbocycles. The summed E-state index contributed by atoms with van der Waals surface area (Å²) >= 11 is 0. The number of rotatable bonds is 7. The smallest absolute Gasteiger partial charge is 0.247 e. The number of carbonyl (C=O) groups is 3. The summed E-state index contributed by atoms with van der Waals surface area (Å²) in [6, 6.07) is 2.92. The predicted octanol–water partition coefficient (Wildman–Crippen LogP) is 0.961. The minimum Gasteiger partial charge on any atom is -0.382 e. The zero-order valence-corrected chi connectivity index (χ0v) is 19.9. The molecular weight excluding hydrogens is 441 g/mol. The van der Waals surface area contributed by atoms with Crippen LogP contribution in [-0.2, 0) is 19.1 Å². The number of likely N-dealkylation sites (tertiary alicyclic amines) is 2. The second kappa shape index (κ2) is 9.71. The first-order valence-corrected chi connectivity index (χ1v) is 11.6. The fourth-order valence-electron chi connectivity index (χ4n) is 5.38. The molecule has 2 aliphatic heterocycles. The van der Waals surface area contributed by atoms with Crippen molar-refractivity contribution in [1.29, 1.82) is 0 Å². The van der Waals surface area contributed by atoms with Crippen molar-refractivity contribution in [1.82, 2.24) is 25.4 Å². The van der Waals surface area contributed by atoms with Gasteiger partial charge in [-0.15, -0.1) is 0 Å². The van der Waals surface area contributed by atoms with Gasteiger partial charge in [-0.2, -0.15) is 0 Å². The normalized spacial score (nSPS) is 23.7. The van der Waals surface area contributed by atoms with Crippen LogP contribution in [0.5, 0.6) is 0 Å². The number of nitrogens with zero attached hydrogens (tertiary/aromatic N) is 2. The van der Waals surface area contributed by atoms with Gasteiger partial charge in [-0.05, 0) is 44.2 Å². The number of fused-ring (bicyclic) bond motifs is 2. The van der Waals surface area contributed by atoms with Crippen molar-refractivity contribution in [2.24, 2.45) is 0 Å². The summed E-state index contributed by atoms with van der Waals surface area (Å²) in [5.41, 5.74) is 1.62. The molecule has 34 heavy (non-hydrogen) atoms. The van der Waals surface area contributed by atoms with E-state index in [1.54, 1.807) is 31.9 Å². The number of halogens is 1. The van der Waals surface area contributed by atoms with Gasteiger partial charge in [0.2, 0.25) is 17.7 Å². The molecule has 2 aliphatic rings. The van der Waals surface area contributed by atoms with Gasteiger partial charge < -0.3 is 30.2 Å². The van der Waals surface area contributed by atoms with Crippen LogP contribution >= 0.6 is 0 Å². The van der Waals surface area contributed by atoms with E-state index in [1.165, 1.54) is 19.2 Å². The van der Waals surface area contributed by atoms with Gasteiger partial charge >= 0.3 is 0 Å². The minimum absolute atomic E-state index is 0.0396. The Morgan fingerprint density at radius 1 is 1.29 bits per heavy atom. The maximum atomic E-state index is 13.7. The number of hydrogen-bond donors (Lipinski definition) is 3. The first-order valence-electron chi connectivity index (χ1n) is 11.6. The van der Waals surface area contributed by atoms with Gasteiger partial charge in [-0.1, -0.05) is 0 Å². The molecule has 3 amide bonds. The van der Waals surface area contributed by atoms with E-state index in [0.29, 0.717) is 25.0 Å². The summed E-state index contributed by atoms with van der Waals surface area (Å²) in [7, 11) is 3.16. The molecule has 10 heteroatoms. The van der Waals surface area contributed by atoms with Crippen LogP contribution in [0, 0.1) is 5.82 Å². The number of likely N-dealkylation sites (N-methyl/N-ethyl adjacent to an activating group) is 1. The SMILES string of the molecule is CN[C@@H](C)C(=O)N[C@@H](COC)C(=O)N1CC[C@@H]2[C@H]1[C@@H](c1c[nH]c3cc(F)ccc13)CN2C(C)=O. The standard InChI is InChI=1S/C24H32FN5O4/c1-13(26-3)23(32)28-20(12-34-4)24(33)29-8-7-21-22(29)18(11-30(21)14(2)31)17-10-27-19-9-15(25)5-6-16(17)19/h5-6,9-10,13,18,20-22,26-27H,7-8,11-12H2,1-4H3,(H,28,32)/t13-,18+,20-,21+,22+/m0/s1. The number of amides is 3. The van der Waals surface area contributed by atoms with Gasteiger partial charge in [0.1, 0.15) is 11.9 Å². The van der Waals surface area contributed by atoms with Crippen molar-refractivity contribution < 1.29 is 23.5 Å². The highest BCUT2D eigenvalue weighted by Crippen LogP contribution is 2.43. The third kappa shape index (κ3) is 4.27. The number of ether oxygens (including phenoxy) is 1. The Labute approximate surface area is 198 Å². The number of aromatic nitrogens is 1. The molecule has 0 aliphatic carbocycles.